The van der Waals surface area contributed by atoms with Crippen LogP contribution in [0.2, 0.25) is 25.1 Å². The van der Waals surface area contributed by atoms with Gasteiger partial charge in [-0.25, -0.2) is 0 Å². The van der Waals surface area contributed by atoms with Crippen LogP contribution in [0.4, 0.5) is 0 Å². The Kier molecular flexibility index (Phi) is 5.29. The van der Waals surface area contributed by atoms with Crippen molar-refractivity contribution in [2.24, 2.45) is 0 Å². The Morgan fingerprint density at radius 1 is 0.818 bits per heavy atom. The van der Waals surface area contributed by atoms with Gasteiger partial charge in [-0.1, -0.05) is 58.0 Å². The summed E-state index contributed by atoms with van der Waals surface area (Å²) < 4.78 is 5.55. The van der Waals surface area contributed by atoms with Gasteiger partial charge in [0.15, 0.2) is 5.75 Å². The highest BCUT2D eigenvalue weighted by molar-refractivity contribution is 6.46. The summed E-state index contributed by atoms with van der Waals surface area (Å²) in [5.41, 5.74) is -0.254. The summed E-state index contributed by atoms with van der Waals surface area (Å²) in [7, 11) is 0. The van der Waals surface area contributed by atoms with Crippen LogP contribution in [-0.4, -0.2) is 0 Å². The minimum atomic E-state index is -0.135. The van der Waals surface area contributed by atoms with Gasteiger partial charge in [-0.15, -0.1) is 0 Å². The zero-order valence-electron chi connectivity index (χ0n) is 10.4. The van der Waals surface area contributed by atoms with Gasteiger partial charge in [-0.2, -0.15) is 10.5 Å². The maximum atomic E-state index is 9.14. The lowest BCUT2D eigenvalue weighted by Gasteiger charge is -2.14. The lowest BCUT2D eigenvalue weighted by Crippen LogP contribution is -1.95. The van der Waals surface area contributed by atoms with Crippen LogP contribution in [0.15, 0.2) is 18.2 Å². The van der Waals surface area contributed by atoms with Crippen LogP contribution in [0, 0.1) is 22.7 Å². The Morgan fingerprint density at radius 2 is 1.41 bits per heavy atom. The molecule has 0 aliphatic rings. The van der Waals surface area contributed by atoms with Gasteiger partial charge in [0.1, 0.15) is 27.9 Å². The molecule has 0 saturated carbocycles. The van der Waals surface area contributed by atoms with Gasteiger partial charge >= 0.3 is 0 Å². The summed E-state index contributed by atoms with van der Waals surface area (Å²) in [4.78, 5) is 0. The fraction of sp³-hybridized carbons (Fsp3) is 0. The van der Waals surface area contributed by atoms with E-state index in [9.17, 15) is 0 Å². The summed E-state index contributed by atoms with van der Waals surface area (Å²) in [6.07, 6.45) is 0. The maximum absolute atomic E-state index is 9.14. The molecule has 110 valence electrons. The van der Waals surface area contributed by atoms with Crippen LogP contribution in [0.1, 0.15) is 11.1 Å². The summed E-state index contributed by atoms with van der Waals surface area (Å²) in [5, 5.41) is 18.5. The van der Waals surface area contributed by atoms with Crippen molar-refractivity contribution in [2.45, 2.75) is 0 Å². The second-order valence-corrected chi connectivity index (χ2v) is 5.90. The highest BCUT2D eigenvalue weighted by atomic mass is 35.5. The highest BCUT2D eigenvalue weighted by Crippen LogP contribution is 2.46. The topological polar surface area (TPSA) is 56.8 Å². The van der Waals surface area contributed by atoms with E-state index in [0.29, 0.717) is 5.02 Å². The van der Waals surface area contributed by atoms with Crippen molar-refractivity contribution in [1.82, 2.24) is 0 Å². The molecular formula is C14H3Cl5N2O. The summed E-state index contributed by atoms with van der Waals surface area (Å²) in [6.45, 7) is 0. The van der Waals surface area contributed by atoms with E-state index in [2.05, 4.69) is 0 Å². The number of nitrogens with zero attached hydrogens (tertiary/aromatic N) is 2. The first-order valence-electron chi connectivity index (χ1n) is 5.54. The minimum Gasteiger partial charge on any atom is -0.452 e. The zero-order valence-corrected chi connectivity index (χ0v) is 14.2. The van der Waals surface area contributed by atoms with Crippen LogP contribution < -0.4 is 4.74 Å². The van der Waals surface area contributed by atoms with Crippen molar-refractivity contribution in [2.75, 3.05) is 0 Å². The molecule has 2 aromatic rings. The molecule has 0 heterocycles. The van der Waals surface area contributed by atoms with Crippen LogP contribution in [-0.2, 0) is 0 Å². The molecule has 0 atom stereocenters. The lowest BCUT2D eigenvalue weighted by molar-refractivity contribution is 0.483. The Balaban J connectivity index is 2.67. The van der Waals surface area contributed by atoms with E-state index in [1.807, 2.05) is 0 Å². The fourth-order valence-electron chi connectivity index (χ4n) is 1.60. The van der Waals surface area contributed by atoms with E-state index in [1.54, 1.807) is 18.2 Å². The average Bonchev–Trinajstić information content (AvgIpc) is 2.50. The lowest BCUT2D eigenvalue weighted by atomic mass is 10.1. The van der Waals surface area contributed by atoms with Crippen molar-refractivity contribution in [3.05, 3.63) is 54.4 Å². The standard InChI is InChI=1S/C14H3Cl5N2O/c15-6-1-2-9(16)10(3-6)22-14-12(18)8(5-21)7(4-20)11(17)13(14)19/h1-3H. The molecule has 0 bridgehead atoms. The molecule has 0 saturated heterocycles. The van der Waals surface area contributed by atoms with Gasteiger partial charge < -0.3 is 4.74 Å². The van der Waals surface area contributed by atoms with E-state index in [-0.39, 0.29) is 42.7 Å². The highest BCUT2D eigenvalue weighted by Gasteiger charge is 2.23. The molecule has 0 fully saturated rings. The van der Waals surface area contributed by atoms with Gasteiger partial charge in [0, 0.05) is 11.1 Å². The molecule has 0 aromatic heterocycles. The minimum absolute atomic E-state index is 0.0759. The van der Waals surface area contributed by atoms with E-state index < -0.39 is 0 Å². The monoisotopic (exact) mass is 390 g/mol. The van der Waals surface area contributed by atoms with E-state index in [0.717, 1.165) is 0 Å². The van der Waals surface area contributed by atoms with Crippen LogP contribution in [0.5, 0.6) is 11.5 Å². The Bertz CT molecular complexity index is 852. The van der Waals surface area contributed by atoms with Gasteiger partial charge in [0.25, 0.3) is 0 Å². The Hall–Kier alpha value is -1.33. The third-order valence-electron chi connectivity index (χ3n) is 2.61. The van der Waals surface area contributed by atoms with Gasteiger partial charge in [0.05, 0.1) is 21.2 Å². The summed E-state index contributed by atoms with van der Waals surface area (Å²) in [5.74, 6) is 0.107. The van der Waals surface area contributed by atoms with Crippen molar-refractivity contribution < 1.29 is 4.74 Å². The van der Waals surface area contributed by atoms with Crippen molar-refractivity contribution in [3.63, 3.8) is 0 Å². The normalized spacial score (nSPS) is 9.95. The molecule has 8 heteroatoms. The molecule has 0 N–H and O–H groups in total. The zero-order chi connectivity index (χ0) is 16.4. The largest absolute Gasteiger partial charge is 0.452 e. The quantitative estimate of drug-likeness (QED) is 0.549. The van der Waals surface area contributed by atoms with Crippen LogP contribution in [0.25, 0.3) is 0 Å². The molecular weight excluding hydrogens is 389 g/mol. The predicted molar refractivity (Wildman–Crippen MR) is 87.4 cm³/mol. The predicted octanol–water partition coefficient (Wildman–Crippen LogP) is 6.49. The first-order valence-corrected chi connectivity index (χ1v) is 7.43. The van der Waals surface area contributed by atoms with Crippen LogP contribution >= 0.6 is 58.0 Å². The third kappa shape index (κ3) is 3.06. The van der Waals surface area contributed by atoms with Crippen molar-refractivity contribution >= 4 is 58.0 Å². The summed E-state index contributed by atoms with van der Waals surface area (Å²) >= 11 is 30.0. The van der Waals surface area contributed by atoms with E-state index in [4.69, 9.17) is 73.3 Å². The number of halogens is 5. The van der Waals surface area contributed by atoms with Gasteiger partial charge in [-0.05, 0) is 12.1 Å². The average molecular weight is 392 g/mol. The van der Waals surface area contributed by atoms with Crippen molar-refractivity contribution in [1.29, 1.82) is 10.5 Å². The second kappa shape index (κ2) is 6.84. The smallest absolute Gasteiger partial charge is 0.167 e. The van der Waals surface area contributed by atoms with Crippen molar-refractivity contribution in [3.8, 4) is 23.6 Å². The molecule has 3 nitrogen and oxygen atoms in total. The SMILES string of the molecule is N#Cc1c(Cl)c(Cl)c(Oc2cc(Cl)ccc2Cl)c(Cl)c1C#N. The number of hydrogen-bond donors (Lipinski definition) is 0. The molecule has 0 amide bonds. The van der Waals surface area contributed by atoms with Gasteiger partial charge in [0.2, 0.25) is 0 Å². The Morgan fingerprint density at radius 3 is 2.00 bits per heavy atom. The molecule has 0 radical (unpaired) electrons. The maximum Gasteiger partial charge on any atom is 0.167 e. The Labute approximate surface area is 151 Å². The van der Waals surface area contributed by atoms with E-state index >= 15 is 0 Å². The molecule has 22 heavy (non-hydrogen) atoms. The molecule has 0 aliphatic heterocycles. The molecule has 0 unspecified atom stereocenters. The van der Waals surface area contributed by atoms with E-state index in [1.165, 1.54) is 12.1 Å². The summed E-state index contributed by atoms with van der Waals surface area (Å²) in [6, 6.07) is 8.13. The molecule has 0 spiro atoms. The molecule has 2 rings (SSSR count). The first kappa shape index (κ1) is 17.0. The third-order valence-corrected chi connectivity index (χ3v) is 4.35. The number of hydrogen-bond acceptors (Lipinski definition) is 3. The van der Waals surface area contributed by atoms with Gasteiger partial charge in [-0.3, -0.25) is 0 Å². The molecule has 0 aliphatic carbocycles. The number of benzene rings is 2. The number of ether oxygens (including phenoxy) is 1. The first-order chi connectivity index (χ1) is 10.4. The number of rotatable bonds is 2. The fourth-order valence-corrected chi connectivity index (χ4v) is 2.69. The number of nitriles is 2. The molecule has 2 aromatic carbocycles. The second-order valence-electron chi connectivity index (χ2n) is 3.92. The van der Waals surface area contributed by atoms with Crippen LogP contribution in [0.3, 0.4) is 0 Å².